The highest BCUT2D eigenvalue weighted by atomic mass is 16.7. The lowest BCUT2D eigenvalue weighted by molar-refractivity contribution is 0.0407. The quantitative estimate of drug-likeness (QED) is 0.790. The first-order valence-electron chi connectivity index (χ1n) is 10.4. The van der Waals surface area contributed by atoms with E-state index in [4.69, 9.17) is 13.9 Å². The number of furan rings is 1. The van der Waals surface area contributed by atoms with Gasteiger partial charge in [-0.05, 0) is 36.6 Å². The predicted molar refractivity (Wildman–Crippen MR) is 107 cm³/mol. The van der Waals surface area contributed by atoms with Gasteiger partial charge in [-0.2, -0.15) is 0 Å². The van der Waals surface area contributed by atoms with Gasteiger partial charge in [0.1, 0.15) is 6.26 Å². The molecular weight excluding hydrogens is 370 g/mol. The Bertz CT molecular complexity index is 846. The van der Waals surface area contributed by atoms with E-state index in [2.05, 4.69) is 21.9 Å². The van der Waals surface area contributed by atoms with E-state index < -0.39 is 0 Å². The average Bonchev–Trinajstić information content (AvgIpc) is 3.46. The molecule has 5 rings (SSSR count). The van der Waals surface area contributed by atoms with Crippen molar-refractivity contribution in [1.82, 2.24) is 14.7 Å². The number of benzene rings is 1. The van der Waals surface area contributed by atoms with Gasteiger partial charge in [-0.1, -0.05) is 6.07 Å². The van der Waals surface area contributed by atoms with Gasteiger partial charge in [0.15, 0.2) is 11.5 Å². The number of hydrogen-bond donors (Lipinski definition) is 0. The molecule has 2 fully saturated rings. The van der Waals surface area contributed by atoms with E-state index in [1.807, 2.05) is 11.0 Å². The van der Waals surface area contributed by atoms with Crippen LogP contribution in [0, 0.1) is 0 Å². The molecule has 3 aliphatic rings. The van der Waals surface area contributed by atoms with Crippen LogP contribution in [0.1, 0.15) is 28.8 Å². The van der Waals surface area contributed by atoms with Crippen LogP contribution < -0.4 is 9.47 Å². The number of piperidine rings is 1. The van der Waals surface area contributed by atoms with Crippen molar-refractivity contribution in [1.29, 1.82) is 0 Å². The minimum absolute atomic E-state index is 0.0879. The van der Waals surface area contributed by atoms with Crippen LogP contribution in [0.4, 0.5) is 0 Å². The topological polar surface area (TPSA) is 58.4 Å². The maximum Gasteiger partial charge on any atom is 0.257 e. The summed E-state index contributed by atoms with van der Waals surface area (Å²) in [5, 5.41) is 0. The van der Waals surface area contributed by atoms with E-state index in [-0.39, 0.29) is 5.91 Å². The van der Waals surface area contributed by atoms with Gasteiger partial charge in [0.05, 0.1) is 11.8 Å². The molecule has 7 heteroatoms. The lowest BCUT2D eigenvalue weighted by Crippen LogP contribution is -2.55. The third-order valence-electron chi connectivity index (χ3n) is 6.22. The van der Waals surface area contributed by atoms with Gasteiger partial charge in [-0.15, -0.1) is 0 Å². The van der Waals surface area contributed by atoms with E-state index in [9.17, 15) is 4.79 Å². The smallest absolute Gasteiger partial charge is 0.257 e. The van der Waals surface area contributed by atoms with Crippen molar-refractivity contribution in [2.75, 3.05) is 46.1 Å². The maximum atomic E-state index is 12.6. The van der Waals surface area contributed by atoms with Crippen molar-refractivity contribution in [2.45, 2.75) is 25.4 Å². The van der Waals surface area contributed by atoms with Crippen LogP contribution in [-0.2, 0) is 6.54 Å². The molecule has 0 N–H and O–H groups in total. The molecule has 0 bridgehead atoms. The van der Waals surface area contributed by atoms with E-state index in [1.165, 1.54) is 5.56 Å². The van der Waals surface area contributed by atoms with Crippen LogP contribution in [0.25, 0.3) is 0 Å². The maximum absolute atomic E-state index is 12.6. The molecule has 1 atom stereocenters. The van der Waals surface area contributed by atoms with Crippen LogP contribution in [0.15, 0.2) is 41.2 Å². The van der Waals surface area contributed by atoms with Gasteiger partial charge in [-0.3, -0.25) is 14.6 Å². The fourth-order valence-corrected chi connectivity index (χ4v) is 4.59. The molecule has 2 aromatic rings. The zero-order valence-electron chi connectivity index (χ0n) is 16.6. The fraction of sp³-hybridized carbons (Fsp3) is 0.500. The summed E-state index contributed by atoms with van der Waals surface area (Å²) >= 11 is 0. The van der Waals surface area contributed by atoms with E-state index in [0.29, 0.717) is 18.4 Å². The van der Waals surface area contributed by atoms with Gasteiger partial charge < -0.3 is 18.8 Å². The molecule has 4 heterocycles. The van der Waals surface area contributed by atoms with Gasteiger partial charge >= 0.3 is 0 Å². The Hall–Kier alpha value is -2.51. The first-order chi connectivity index (χ1) is 14.3. The number of nitrogens with zero attached hydrogens (tertiary/aromatic N) is 3. The number of carbonyl (C=O) groups is 1. The highest BCUT2D eigenvalue weighted by Crippen LogP contribution is 2.33. The molecule has 1 aromatic carbocycles. The van der Waals surface area contributed by atoms with Crippen LogP contribution >= 0.6 is 0 Å². The lowest BCUT2D eigenvalue weighted by atomic mass is 10.0. The van der Waals surface area contributed by atoms with Crippen LogP contribution in [-0.4, -0.2) is 72.7 Å². The molecule has 3 aliphatic heterocycles. The molecule has 29 heavy (non-hydrogen) atoms. The molecule has 1 aromatic heterocycles. The summed E-state index contributed by atoms with van der Waals surface area (Å²) in [7, 11) is 0. The SMILES string of the molecule is O=C(c1ccoc1)N1CCC[C@H](N2CCN(Cc3ccc4c(c3)OCO4)CC2)C1. The van der Waals surface area contributed by atoms with Crippen molar-refractivity contribution in [3.05, 3.63) is 47.9 Å². The molecule has 2 saturated heterocycles. The lowest BCUT2D eigenvalue weighted by Gasteiger charge is -2.43. The number of piperazine rings is 1. The van der Waals surface area contributed by atoms with Crippen LogP contribution in [0.5, 0.6) is 11.5 Å². The van der Waals surface area contributed by atoms with Gasteiger partial charge in [0.25, 0.3) is 5.91 Å². The van der Waals surface area contributed by atoms with Gasteiger partial charge in [-0.25, -0.2) is 0 Å². The summed E-state index contributed by atoms with van der Waals surface area (Å²) in [6, 6.07) is 8.42. The summed E-state index contributed by atoms with van der Waals surface area (Å²) in [5.41, 5.74) is 1.91. The number of rotatable bonds is 4. The van der Waals surface area contributed by atoms with Gasteiger partial charge in [0.2, 0.25) is 6.79 Å². The van der Waals surface area contributed by atoms with E-state index >= 15 is 0 Å². The molecular formula is C22H27N3O4. The number of amides is 1. The minimum atomic E-state index is 0.0879. The Kier molecular flexibility index (Phi) is 5.16. The van der Waals surface area contributed by atoms with Crippen LogP contribution in [0.3, 0.4) is 0 Å². The highest BCUT2D eigenvalue weighted by molar-refractivity contribution is 5.93. The molecule has 0 radical (unpaired) electrons. The van der Waals surface area contributed by atoms with Gasteiger partial charge in [0, 0.05) is 51.9 Å². The summed E-state index contributed by atoms with van der Waals surface area (Å²) in [6.07, 6.45) is 5.33. The van der Waals surface area contributed by atoms with Crippen molar-refractivity contribution in [3.63, 3.8) is 0 Å². The summed E-state index contributed by atoms with van der Waals surface area (Å²) in [5.74, 6) is 1.78. The second-order valence-electron chi connectivity index (χ2n) is 8.06. The summed E-state index contributed by atoms with van der Waals surface area (Å²) in [4.78, 5) is 19.7. The third-order valence-corrected chi connectivity index (χ3v) is 6.22. The Balaban J connectivity index is 1.14. The van der Waals surface area contributed by atoms with E-state index in [1.54, 1.807) is 18.6 Å². The minimum Gasteiger partial charge on any atom is -0.472 e. The first kappa shape index (κ1) is 18.5. The Morgan fingerprint density at radius 2 is 1.90 bits per heavy atom. The molecule has 0 spiro atoms. The zero-order valence-corrected chi connectivity index (χ0v) is 16.6. The van der Waals surface area contributed by atoms with Crippen molar-refractivity contribution in [2.24, 2.45) is 0 Å². The second-order valence-corrected chi connectivity index (χ2v) is 8.06. The third kappa shape index (κ3) is 3.97. The first-order valence-corrected chi connectivity index (χ1v) is 10.4. The molecule has 0 aliphatic carbocycles. The number of ether oxygens (including phenoxy) is 2. The molecule has 7 nitrogen and oxygen atoms in total. The Morgan fingerprint density at radius 3 is 2.72 bits per heavy atom. The largest absolute Gasteiger partial charge is 0.472 e. The predicted octanol–water partition coefficient (Wildman–Crippen LogP) is 2.43. The molecule has 0 unspecified atom stereocenters. The van der Waals surface area contributed by atoms with E-state index in [0.717, 1.165) is 70.2 Å². The Labute approximate surface area is 170 Å². The monoisotopic (exact) mass is 397 g/mol. The highest BCUT2D eigenvalue weighted by Gasteiger charge is 2.30. The number of likely N-dealkylation sites (tertiary alicyclic amines) is 1. The molecule has 1 amide bonds. The number of hydrogen-bond acceptors (Lipinski definition) is 6. The fourth-order valence-electron chi connectivity index (χ4n) is 4.59. The number of carbonyl (C=O) groups excluding carboxylic acids is 1. The second kappa shape index (κ2) is 8.08. The number of fused-ring (bicyclic) bond motifs is 1. The molecule has 154 valence electrons. The van der Waals surface area contributed by atoms with Crippen molar-refractivity contribution in [3.8, 4) is 11.5 Å². The standard InChI is InChI=1S/C22H27N3O4/c26-22(18-5-11-27-15-18)25-6-1-2-19(14-25)24-9-7-23(8-10-24)13-17-3-4-20-21(12-17)29-16-28-20/h3-5,11-12,15,19H,1-2,6-10,13-14,16H2/t19-/m0/s1. The van der Waals surface area contributed by atoms with Crippen LogP contribution in [0.2, 0.25) is 0 Å². The zero-order chi connectivity index (χ0) is 19.6. The summed E-state index contributed by atoms with van der Waals surface area (Å²) in [6.45, 7) is 7.07. The Morgan fingerprint density at radius 1 is 1.03 bits per heavy atom. The average molecular weight is 397 g/mol. The normalized spacial score (nSPS) is 22.8. The summed E-state index contributed by atoms with van der Waals surface area (Å²) < 4.78 is 16.0. The van der Waals surface area contributed by atoms with Crippen molar-refractivity contribution >= 4 is 5.91 Å². The molecule has 0 saturated carbocycles. The van der Waals surface area contributed by atoms with Crippen molar-refractivity contribution < 1.29 is 18.7 Å².